The van der Waals surface area contributed by atoms with Crippen LogP contribution in [0.4, 0.5) is 13.9 Å². The lowest BCUT2D eigenvalue weighted by atomic mass is 10.2. The molecule has 0 aliphatic carbocycles. The summed E-state index contributed by atoms with van der Waals surface area (Å²) in [5, 5.41) is 7.34. The number of aromatic nitrogens is 1. The number of anilines is 1. The molecule has 3 rings (SSSR count). The van der Waals surface area contributed by atoms with Gasteiger partial charge < -0.3 is 10.6 Å². The van der Waals surface area contributed by atoms with Gasteiger partial charge in [-0.25, -0.2) is 13.8 Å². The van der Waals surface area contributed by atoms with E-state index in [2.05, 4.69) is 15.6 Å². The number of rotatable bonds is 4. The summed E-state index contributed by atoms with van der Waals surface area (Å²) >= 11 is 1.19. The van der Waals surface area contributed by atoms with Crippen LogP contribution in [0, 0.1) is 11.6 Å². The zero-order valence-corrected chi connectivity index (χ0v) is 13.3. The SMILES string of the molecule is O=C1CN(CC(=O)Nc2nc(-c3ccc(F)c(F)c3)cs2)CCN1. The Morgan fingerprint density at radius 2 is 2.21 bits per heavy atom. The first-order valence-electron chi connectivity index (χ1n) is 7.21. The first-order valence-corrected chi connectivity index (χ1v) is 8.09. The Balaban J connectivity index is 1.62. The molecule has 0 unspecified atom stereocenters. The zero-order chi connectivity index (χ0) is 17.1. The molecule has 0 saturated carbocycles. The minimum absolute atomic E-state index is 0.0908. The minimum Gasteiger partial charge on any atom is -0.354 e. The predicted octanol–water partition coefficient (Wildman–Crippen LogP) is 1.46. The first-order chi connectivity index (χ1) is 11.5. The van der Waals surface area contributed by atoms with Crippen molar-refractivity contribution in [3.8, 4) is 11.3 Å². The van der Waals surface area contributed by atoms with Crippen LogP contribution in [0.25, 0.3) is 11.3 Å². The van der Waals surface area contributed by atoms with Gasteiger partial charge in [0.2, 0.25) is 11.8 Å². The second kappa shape index (κ2) is 7.02. The molecule has 2 heterocycles. The molecular weight excluding hydrogens is 338 g/mol. The van der Waals surface area contributed by atoms with Crippen LogP contribution in [0.2, 0.25) is 0 Å². The predicted molar refractivity (Wildman–Crippen MR) is 85.5 cm³/mol. The molecule has 1 aromatic carbocycles. The van der Waals surface area contributed by atoms with Crippen molar-refractivity contribution in [2.45, 2.75) is 0 Å². The zero-order valence-electron chi connectivity index (χ0n) is 12.5. The molecule has 1 aliphatic rings. The Hall–Kier alpha value is -2.39. The molecule has 1 fully saturated rings. The molecule has 9 heteroatoms. The van der Waals surface area contributed by atoms with Crippen molar-refractivity contribution in [1.29, 1.82) is 0 Å². The maximum absolute atomic E-state index is 13.3. The van der Waals surface area contributed by atoms with E-state index in [0.29, 0.717) is 29.5 Å². The van der Waals surface area contributed by atoms with Crippen molar-refractivity contribution in [3.05, 3.63) is 35.2 Å². The Kier molecular flexibility index (Phi) is 4.81. The molecule has 0 spiro atoms. The average molecular weight is 352 g/mol. The lowest BCUT2D eigenvalue weighted by Crippen LogP contribution is -2.49. The highest BCUT2D eigenvalue weighted by Crippen LogP contribution is 2.26. The van der Waals surface area contributed by atoms with Gasteiger partial charge in [0.25, 0.3) is 0 Å². The van der Waals surface area contributed by atoms with Crippen LogP contribution >= 0.6 is 11.3 Å². The van der Waals surface area contributed by atoms with Crippen molar-refractivity contribution >= 4 is 28.3 Å². The second-order valence-corrected chi connectivity index (χ2v) is 6.13. The fourth-order valence-corrected chi connectivity index (χ4v) is 3.04. The van der Waals surface area contributed by atoms with Crippen molar-refractivity contribution in [2.24, 2.45) is 0 Å². The fraction of sp³-hybridized carbons (Fsp3) is 0.267. The number of hydrogen-bond acceptors (Lipinski definition) is 5. The monoisotopic (exact) mass is 352 g/mol. The lowest BCUT2D eigenvalue weighted by Gasteiger charge is -2.25. The molecule has 1 saturated heterocycles. The number of benzene rings is 1. The number of thiazole rings is 1. The highest BCUT2D eigenvalue weighted by atomic mass is 32.1. The molecule has 1 aromatic heterocycles. The van der Waals surface area contributed by atoms with Crippen molar-refractivity contribution in [2.75, 3.05) is 31.5 Å². The van der Waals surface area contributed by atoms with Gasteiger partial charge in [-0.15, -0.1) is 11.3 Å². The van der Waals surface area contributed by atoms with Gasteiger partial charge in [0, 0.05) is 24.0 Å². The van der Waals surface area contributed by atoms with E-state index in [1.807, 2.05) is 0 Å². The van der Waals surface area contributed by atoms with E-state index in [4.69, 9.17) is 0 Å². The van der Waals surface area contributed by atoms with Crippen molar-refractivity contribution < 1.29 is 18.4 Å². The highest BCUT2D eigenvalue weighted by Gasteiger charge is 2.19. The number of carbonyl (C=O) groups excluding carboxylic acids is 2. The smallest absolute Gasteiger partial charge is 0.240 e. The van der Waals surface area contributed by atoms with Crippen molar-refractivity contribution in [3.63, 3.8) is 0 Å². The molecule has 126 valence electrons. The third kappa shape index (κ3) is 3.92. The van der Waals surface area contributed by atoms with E-state index in [-0.39, 0.29) is 24.9 Å². The van der Waals surface area contributed by atoms with E-state index in [1.54, 1.807) is 10.3 Å². The Morgan fingerprint density at radius 1 is 1.38 bits per heavy atom. The van der Waals surface area contributed by atoms with E-state index in [1.165, 1.54) is 17.4 Å². The van der Waals surface area contributed by atoms with Gasteiger partial charge in [-0.05, 0) is 18.2 Å². The minimum atomic E-state index is -0.950. The molecule has 24 heavy (non-hydrogen) atoms. The Morgan fingerprint density at radius 3 is 2.96 bits per heavy atom. The summed E-state index contributed by atoms with van der Waals surface area (Å²) in [5.74, 6) is -2.26. The molecule has 0 bridgehead atoms. The van der Waals surface area contributed by atoms with Crippen LogP contribution in [0.3, 0.4) is 0 Å². The van der Waals surface area contributed by atoms with Gasteiger partial charge in [0.15, 0.2) is 16.8 Å². The first kappa shape index (κ1) is 16.5. The van der Waals surface area contributed by atoms with Crippen LogP contribution in [0.5, 0.6) is 0 Å². The lowest BCUT2D eigenvalue weighted by molar-refractivity contribution is -0.125. The van der Waals surface area contributed by atoms with Gasteiger partial charge in [-0.1, -0.05) is 0 Å². The van der Waals surface area contributed by atoms with Crippen LogP contribution in [-0.2, 0) is 9.59 Å². The number of hydrogen-bond donors (Lipinski definition) is 2. The summed E-state index contributed by atoms with van der Waals surface area (Å²) in [6, 6.07) is 3.51. The van der Waals surface area contributed by atoms with Gasteiger partial charge >= 0.3 is 0 Å². The summed E-state index contributed by atoms with van der Waals surface area (Å²) in [7, 11) is 0. The van der Waals surface area contributed by atoms with Crippen LogP contribution in [0.1, 0.15) is 0 Å². The van der Waals surface area contributed by atoms with Gasteiger partial charge in [0.05, 0.1) is 18.8 Å². The molecule has 2 amide bonds. The van der Waals surface area contributed by atoms with Crippen molar-refractivity contribution in [1.82, 2.24) is 15.2 Å². The summed E-state index contributed by atoms with van der Waals surface area (Å²) in [6.07, 6.45) is 0. The quantitative estimate of drug-likeness (QED) is 0.874. The molecule has 2 aromatic rings. The van der Waals surface area contributed by atoms with E-state index in [0.717, 1.165) is 12.1 Å². The van der Waals surface area contributed by atoms with Crippen LogP contribution in [-0.4, -0.2) is 47.9 Å². The molecule has 1 aliphatic heterocycles. The maximum Gasteiger partial charge on any atom is 0.240 e. The number of piperazine rings is 1. The number of nitrogens with zero attached hydrogens (tertiary/aromatic N) is 2. The van der Waals surface area contributed by atoms with Gasteiger partial charge in [0.1, 0.15) is 0 Å². The molecule has 0 atom stereocenters. The summed E-state index contributed by atoms with van der Waals surface area (Å²) in [4.78, 5) is 29.2. The molecular formula is C15H14F2N4O2S. The number of halogens is 2. The summed E-state index contributed by atoms with van der Waals surface area (Å²) < 4.78 is 26.2. The number of nitrogens with one attached hydrogen (secondary N) is 2. The standard InChI is InChI=1S/C15H14F2N4O2S/c16-10-2-1-9(5-11(10)17)12-8-24-15(19-12)20-14(23)7-21-4-3-18-13(22)6-21/h1-2,5,8H,3-4,6-7H2,(H,18,22)(H,19,20,23). The Bertz CT molecular complexity index is 781. The average Bonchev–Trinajstić information content (AvgIpc) is 2.98. The van der Waals surface area contributed by atoms with E-state index in [9.17, 15) is 18.4 Å². The van der Waals surface area contributed by atoms with Gasteiger partial charge in [-0.2, -0.15) is 0 Å². The van der Waals surface area contributed by atoms with E-state index >= 15 is 0 Å². The van der Waals surface area contributed by atoms with Gasteiger partial charge in [-0.3, -0.25) is 14.5 Å². The molecule has 6 nitrogen and oxygen atoms in total. The third-order valence-electron chi connectivity index (χ3n) is 3.45. The highest BCUT2D eigenvalue weighted by molar-refractivity contribution is 7.14. The topological polar surface area (TPSA) is 74.3 Å². The number of carbonyl (C=O) groups is 2. The number of amides is 2. The summed E-state index contributed by atoms with van der Waals surface area (Å²) in [6.45, 7) is 1.40. The van der Waals surface area contributed by atoms with Crippen LogP contribution in [0.15, 0.2) is 23.6 Å². The molecule has 0 radical (unpaired) electrons. The third-order valence-corrected chi connectivity index (χ3v) is 4.21. The van der Waals surface area contributed by atoms with E-state index < -0.39 is 11.6 Å². The largest absolute Gasteiger partial charge is 0.354 e. The normalized spacial score (nSPS) is 15.2. The summed E-state index contributed by atoms with van der Waals surface area (Å²) in [5.41, 5.74) is 0.880. The maximum atomic E-state index is 13.3. The Labute approximate surface area is 140 Å². The second-order valence-electron chi connectivity index (χ2n) is 5.28. The van der Waals surface area contributed by atoms with Crippen LogP contribution < -0.4 is 10.6 Å². The fourth-order valence-electron chi connectivity index (χ4n) is 2.31. The molecule has 2 N–H and O–H groups in total.